The van der Waals surface area contributed by atoms with E-state index in [0.717, 1.165) is 34.7 Å². The topological polar surface area (TPSA) is 47.3 Å². The molecule has 1 fully saturated rings. The monoisotopic (exact) mass is 254 g/mol. The first-order chi connectivity index (χ1) is 8.01. The number of likely N-dealkylation sites (N-methyl/N-ethyl adjacent to an activating group) is 1. The molecule has 2 rings (SSSR count). The third kappa shape index (κ3) is 2.28. The Balaban J connectivity index is 2.45. The maximum atomic E-state index is 6.28. The Bertz CT molecular complexity index is 430. The molecular formula is C13H19ClN2O. The van der Waals surface area contributed by atoms with Crippen LogP contribution in [0.3, 0.4) is 0 Å². The van der Waals surface area contributed by atoms with Crippen LogP contribution in [0.25, 0.3) is 0 Å². The summed E-state index contributed by atoms with van der Waals surface area (Å²) in [6.45, 7) is 1.97. The van der Waals surface area contributed by atoms with Gasteiger partial charge in [0.15, 0.2) is 0 Å². The average Bonchev–Trinajstić information content (AvgIpc) is 3.03. The van der Waals surface area contributed by atoms with Gasteiger partial charge in [-0.2, -0.15) is 0 Å². The minimum atomic E-state index is -0.152. The molecule has 1 aromatic carbocycles. The zero-order valence-corrected chi connectivity index (χ0v) is 11.3. The van der Waals surface area contributed by atoms with Crippen molar-refractivity contribution in [2.75, 3.05) is 14.2 Å². The molecule has 0 aromatic heterocycles. The zero-order valence-electron chi connectivity index (χ0n) is 10.5. The van der Waals surface area contributed by atoms with E-state index >= 15 is 0 Å². The highest BCUT2D eigenvalue weighted by Crippen LogP contribution is 2.46. The molecule has 3 nitrogen and oxygen atoms in total. The van der Waals surface area contributed by atoms with Crippen LogP contribution >= 0.6 is 11.6 Å². The Labute approximate surface area is 107 Å². The highest BCUT2D eigenvalue weighted by Gasteiger charge is 2.46. The van der Waals surface area contributed by atoms with Crippen LogP contribution in [0, 0.1) is 6.92 Å². The number of hydrogen-bond acceptors (Lipinski definition) is 3. The zero-order chi connectivity index (χ0) is 12.6. The van der Waals surface area contributed by atoms with Gasteiger partial charge in [0.2, 0.25) is 0 Å². The first-order valence-electron chi connectivity index (χ1n) is 5.82. The largest absolute Gasteiger partial charge is 0.496 e. The summed E-state index contributed by atoms with van der Waals surface area (Å²) in [7, 11) is 3.60. The highest BCUT2D eigenvalue weighted by atomic mass is 35.5. The second-order valence-corrected chi connectivity index (χ2v) is 5.21. The molecule has 3 N–H and O–H groups in total. The van der Waals surface area contributed by atoms with Gasteiger partial charge in [-0.3, -0.25) is 0 Å². The Kier molecular flexibility index (Phi) is 3.34. The third-order valence-electron chi connectivity index (χ3n) is 3.51. The molecule has 94 valence electrons. The van der Waals surface area contributed by atoms with Crippen molar-refractivity contribution in [1.82, 2.24) is 5.32 Å². The molecule has 1 aliphatic carbocycles. The van der Waals surface area contributed by atoms with Gasteiger partial charge in [0, 0.05) is 16.1 Å². The fraction of sp³-hybridized carbons (Fsp3) is 0.538. The number of halogens is 1. The van der Waals surface area contributed by atoms with Gasteiger partial charge in [-0.05, 0) is 44.5 Å². The third-order valence-corrected chi connectivity index (χ3v) is 3.92. The van der Waals surface area contributed by atoms with Crippen molar-refractivity contribution < 1.29 is 4.74 Å². The summed E-state index contributed by atoms with van der Waals surface area (Å²) >= 11 is 6.19. The maximum Gasteiger partial charge on any atom is 0.124 e. The van der Waals surface area contributed by atoms with Crippen molar-refractivity contribution in [3.8, 4) is 5.75 Å². The summed E-state index contributed by atoms with van der Waals surface area (Å²) in [5, 5.41) is 4.03. The molecule has 1 aliphatic rings. The van der Waals surface area contributed by atoms with Crippen LogP contribution in [0.4, 0.5) is 0 Å². The average molecular weight is 255 g/mol. The van der Waals surface area contributed by atoms with Crippen molar-refractivity contribution in [1.29, 1.82) is 0 Å². The molecule has 1 aromatic rings. The standard InChI is InChI=1S/C13H19ClN2O/c1-8-6-11(17-3)9(7-10(8)14)12(16-2)13(15)4-5-13/h6-7,12,16H,4-5,15H2,1-3H3. The summed E-state index contributed by atoms with van der Waals surface area (Å²) < 4.78 is 5.43. The van der Waals surface area contributed by atoms with E-state index < -0.39 is 0 Å². The Morgan fingerprint density at radius 2 is 2.12 bits per heavy atom. The summed E-state index contributed by atoms with van der Waals surface area (Å²) in [6.07, 6.45) is 2.07. The maximum absolute atomic E-state index is 6.28. The lowest BCUT2D eigenvalue weighted by atomic mass is 9.96. The minimum absolute atomic E-state index is 0.0931. The van der Waals surface area contributed by atoms with Crippen LogP contribution in [-0.2, 0) is 0 Å². The summed E-state index contributed by atoms with van der Waals surface area (Å²) in [4.78, 5) is 0. The van der Waals surface area contributed by atoms with E-state index in [1.165, 1.54) is 0 Å². The second kappa shape index (κ2) is 4.48. The number of aryl methyl sites for hydroxylation is 1. The summed E-state index contributed by atoms with van der Waals surface area (Å²) in [6, 6.07) is 4.02. The van der Waals surface area contributed by atoms with E-state index in [0.29, 0.717) is 0 Å². The van der Waals surface area contributed by atoms with Crippen LogP contribution in [0.5, 0.6) is 5.75 Å². The summed E-state index contributed by atoms with van der Waals surface area (Å²) in [5.41, 5.74) is 8.20. The quantitative estimate of drug-likeness (QED) is 0.868. The number of ether oxygens (including phenoxy) is 1. The van der Waals surface area contributed by atoms with Crippen LogP contribution in [0.1, 0.15) is 30.0 Å². The molecule has 0 heterocycles. The molecule has 4 heteroatoms. The van der Waals surface area contributed by atoms with Crippen molar-refractivity contribution in [3.63, 3.8) is 0 Å². The first-order valence-corrected chi connectivity index (χ1v) is 6.20. The van der Waals surface area contributed by atoms with Gasteiger partial charge in [-0.25, -0.2) is 0 Å². The van der Waals surface area contributed by atoms with Crippen molar-refractivity contribution >= 4 is 11.6 Å². The number of nitrogens with one attached hydrogen (secondary N) is 1. The fourth-order valence-electron chi connectivity index (χ4n) is 2.26. The van der Waals surface area contributed by atoms with Crippen LogP contribution in [0.15, 0.2) is 12.1 Å². The van der Waals surface area contributed by atoms with Gasteiger partial charge in [0.1, 0.15) is 5.75 Å². The van der Waals surface area contributed by atoms with Gasteiger partial charge in [0.05, 0.1) is 13.2 Å². The van der Waals surface area contributed by atoms with E-state index in [-0.39, 0.29) is 11.6 Å². The molecule has 1 atom stereocenters. The fourth-order valence-corrected chi connectivity index (χ4v) is 2.43. The van der Waals surface area contributed by atoms with E-state index in [9.17, 15) is 0 Å². The predicted molar refractivity (Wildman–Crippen MR) is 70.7 cm³/mol. The van der Waals surface area contributed by atoms with E-state index in [1.54, 1.807) is 7.11 Å². The van der Waals surface area contributed by atoms with Gasteiger partial charge < -0.3 is 15.8 Å². The molecular weight excluding hydrogens is 236 g/mol. The lowest BCUT2D eigenvalue weighted by Crippen LogP contribution is -2.38. The SMILES string of the molecule is CNC(c1cc(Cl)c(C)cc1OC)C1(N)CC1. The van der Waals surface area contributed by atoms with E-state index in [2.05, 4.69) is 5.32 Å². The van der Waals surface area contributed by atoms with Crippen LogP contribution in [-0.4, -0.2) is 19.7 Å². The lowest BCUT2D eigenvalue weighted by Gasteiger charge is -2.25. The predicted octanol–water partition coefficient (Wildman–Crippen LogP) is 2.41. The van der Waals surface area contributed by atoms with Crippen molar-refractivity contribution in [3.05, 3.63) is 28.3 Å². The molecule has 0 radical (unpaired) electrons. The van der Waals surface area contributed by atoms with Crippen LogP contribution in [0.2, 0.25) is 5.02 Å². The number of methoxy groups -OCH3 is 1. The first kappa shape index (κ1) is 12.7. The van der Waals surface area contributed by atoms with Crippen molar-refractivity contribution in [2.45, 2.75) is 31.3 Å². The Morgan fingerprint density at radius 3 is 2.59 bits per heavy atom. The van der Waals surface area contributed by atoms with Gasteiger partial charge >= 0.3 is 0 Å². The van der Waals surface area contributed by atoms with Crippen LogP contribution < -0.4 is 15.8 Å². The van der Waals surface area contributed by atoms with E-state index in [4.69, 9.17) is 22.1 Å². The van der Waals surface area contributed by atoms with Gasteiger partial charge in [0.25, 0.3) is 0 Å². The summed E-state index contributed by atoms with van der Waals surface area (Å²) in [5.74, 6) is 0.850. The molecule has 0 saturated heterocycles. The molecule has 1 saturated carbocycles. The van der Waals surface area contributed by atoms with Gasteiger partial charge in [-0.1, -0.05) is 11.6 Å². The van der Waals surface area contributed by atoms with Gasteiger partial charge in [-0.15, -0.1) is 0 Å². The molecule has 0 bridgehead atoms. The highest BCUT2D eigenvalue weighted by molar-refractivity contribution is 6.31. The molecule has 1 unspecified atom stereocenters. The number of hydrogen-bond donors (Lipinski definition) is 2. The molecule has 0 amide bonds. The smallest absolute Gasteiger partial charge is 0.124 e. The Hall–Kier alpha value is -0.770. The number of nitrogens with two attached hydrogens (primary N) is 1. The van der Waals surface area contributed by atoms with E-state index in [1.807, 2.05) is 26.1 Å². The lowest BCUT2D eigenvalue weighted by molar-refractivity contribution is 0.386. The normalized spacial score (nSPS) is 18.9. The minimum Gasteiger partial charge on any atom is -0.496 e. The number of benzene rings is 1. The second-order valence-electron chi connectivity index (χ2n) is 4.80. The number of rotatable bonds is 4. The molecule has 0 aliphatic heterocycles. The van der Waals surface area contributed by atoms with Crippen molar-refractivity contribution in [2.24, 2.45) is 5.73 Å². The molecule has 17 heavy (non-hydrogen) atoms. The Morgan fingerprint density at radius 1 is 1.47 bits per heavy atom. The molecule has 0 spiro atoms.